The van der Waals surface area contributed by atoms with Crippen LogP contribution in [-0.4, -0.2) is 127 Å². The van der Waals surface area contributed by atoms with Crippen molar-refractivity contribution in [3.8, 4) is 0 Å². The first-order chi connectivity index (χ1) is 37.7. The second kappa shape index (κ2) is 28.1. The van der Waals surface area contributed by atoms with Gasteiger partial charge in [-0.05, 0) is 87.1 Å². The van der Waals surface area contributed by atoms with E-state index in [9.17, 15) is 55.3 Å². The Bertz CT molecular complexity index is 3510. The van der Waals surface area contributed by atoms with Crippen molar-refractivity contribution in [1.29, 1.82) is 0 Å². The molecular formula is C52H60N12O13S2. The number of H-pyrrole nitrogens is 1. The molecule has 0 saturated carbocycles. The van der Waals surface area contributed by atoms with E-state index in [1.807, 2.05) is 0 Å². The minimum absolute atomic E-state index is 0.0626. The summed E-state index contributed by atoms with van der Waals surface area (Å²) in [6.45, 7) is 6.14. The number of nitrogens with zero attached hydrogens (tertiary/aromatic N) is 5. The summed E-state index contributed by atoms with van der Waals surface area (Å²) in [5.74, 6) is -2.90. The Balaban J connectivity index is 0.911. The maximum Gasteiger partial charge on any atom is 0.353 e. The predicted molar refractivity (Wildman–Crippen MR) is 293 cm³/mol. The molecule has 79 heavy (non-hydrogen) atoms. The number of sulfonamides is 1. The molecule has 9 N–H and O–H groups in total. The fourth-order valence-electron chi connectivity index (χ4n) is 8.06. The summed E-state index contributed by atoms with van der Waals surface area (Å²) in [4.78, 5) is 88.2. The van der Waals surface area contributed by atoms with Gasteiger partial charge < -0.3 is 46.0 Å². The van der Waals surface area contributed by atoms with Crippen LogP contribution in [0.4, 0.5) is 11.8 Å². The van der Waals surface area contributed by atoms with Crippen LogP contribution < -0.4 is 37.4 Å². The normalized spacial score (nSPS) is 11.8. The number of hydrazone groups is 1. The molecule has 0 aliphatic heterocycles. The highest BCUT2D eigenvalue weighted by molar-refractivity contribution is 7.90. The number of aryl methyl sites for hydroxylation is 4. The Morgan fingerprint density at radius 2 is 1.49 bits per heavy atom. The largest absolute Gasteiger partial charge is 0.477 e. The third-order valence-corrected chi connectivity index (χ3v) is 14.3. The van der Waals surface area contributed by atoms with E-state index in [1.165, 1.54) is 48.9 Å². The number of ether oxygens (including phenoxy) is 1. The first-order valence-corrected chi connectivity index (χ1v) is 27.6. The van der Waals surface area contributed by atoms with Crippen LogP contribution in [0.3, 0.4) is 0 Å². The maximum atomic E-state index is 13.8. The van der Waals surface area contributed by atoms with Crippen molar-refractivity contribution in [3.05, 3.63) is 141 Å². The minimum atomic E-state index is -4.51. The number of benzene rings is 3. The zero-order chi connectivity index (χ0) is 57.1. The van der Waals surface area contributed by atoms with Crippen molar-refractivity contribution in [1.82, 2.24) is 40.8 Å². The van der Waals surface area contributed by atoms with Crippen LogP contribution in [-0.2, 0) is 52.4 Å². The number of aromatic nitrogens is 4. The van der Waals surface area contributed by atoms with Crippen LogP contribution >= 0.6 is 0 Å². The Labute approximate surface area is 454 Å². The van der Waals surface area contributed by atoms with Crippen molar-refractivity contribution in [2.45, 2.75) is 75.8 Å². The molecule has 0 aliphatic carbocycles. The number of carbonyl (C=O) groups is 5. The fourth-order valence-corrected chi connectivity index (χ4v) is 10.2. The Kier molecular flexibility index (Phi) is 21.2. The lowest BCUT2D eigenvalue weighted by molar-refractivity contribution is -0.129. The molecule has 6 rings (SSSR count). The smallest absolute Gasteiger partial charge is 0.353 e. The molecule has 0 atom stereocenters. The van der Waals surface area contributed by atoms with Gasteiger partial charge in [0.25, 0.3) is 32.0 Å². The van der Waals surface area contributed by atoms with Gasteiger partial charge in [0.1, 0.15) is 16.3 Å². The van der Waals surface area contributed by atoms with E-state index in [0.29, 0.717) is 80.3 Å². The zero-order valence-corrected chi connectivity index (χ0v) is 45.0. The summed E-state index contributed by atoms with van der Waals surface area (Å²) in [7, 11) is -8.95. The molecule has 0 spiro atoms. The number of amides is 4. The first kappa shape index (κ1) is 59.6. The van der Waals surface area contributed by atoms with Gasteiger partial charge in [-0.3, -0.25) is 34.0 Å². The second-order valence-corrected chi connectivity index (χ2v) is 20.8. The lowest BCUT2D eigenvalue weighted by Gasteiger charge is -2.15. The molecule has 0 radical (unpaired) electrons. The molecule has 3 aromatic carbocycles. The third kappa shape index (κ3) is 17.7. The molecule has 3 heterocycles. The monoisotopic (exact) mass is 1120 g/mol. The number of carboxylic acids is 1. The summed E-state index contributed by atoms with van der Waals surface area (Å²) in [5.41, 5.74) is 4.00. The van der Waals surface area contributed by atoms with E-state index in [4.69, 9.17) is 4.74 Å². The van der Waals surface area contributed by atoms with Crippen LogP contribution in [0.1, 0.15) is 80.6 Å². The summed E-state index contributed by atoms with van der Waals surface area (Å²) >= 11 is 0. The summed E-state index contributed by atoms with van der Waals surface area (Å²) < 4.78 is 70.0. The summed E-state index contributed by atoms with van der Waals surface area (Å²) in [6, 6.07) is 17.1. The van der Waals surface area contributed by atoms with Gasteiger partial charge >= 0.3 is 5.97 Å². The number of hydrogen-bond donors (Lipinski definition) is 9. The van der Waals surface area contributed by atoms with Gasteiger partial charge in [0.05, 0.1) is 28.7 Å². The van der Waals surface area contributed by atoms with Gasteiger partial charge in [-0.2, -0.15) is 26.3 Å². The van der Waals surface area contributed by atoms with E-state index in [-0.39, 0.29) is 75.8 Å². The summed E-state index contributed by atoms with van der Waals surface area (Å²) in [6.07, 6.45) is 8.33. The van der Waals surface area contributed by atoms with Gasteiger partial charge in [0.2, 0.25) is 17.2 Å². The van der Waals surface area contributed by atoms with Crippen LogP contribution in [0.5, 0.6) is 0 Å². The van der Waals surface area contributed by atoms with Crippen molar-refractivity contribution < 1.29 is 55.2 Å². The van der Waals surface area contributed by atoms with Crippen LogP contribution in [0.25, 0.3) is 10.9 Å². The number of aromatic amines is 1. The number of carbonyl (C=O) groups excluding carboxylic acids is 4. The standard InChI is InChI=1S/C52H60N12O13S2/c1-33-25-34(2)48(35(3)26-33)78(72,73)63-41(51(70)71)31-59-50(69)40-32-64(42-27-36(11-13-39(42)47(40)67)28-60-52-56-20-21-57-52)22-6-17-53-45(65)15-16-46(66)54-18-7-23-77-24-8-19-55-49(68)38-12-14-44(58-29-38)62-61-30-37-9-4-5-10-43(37)79(74,75)76/h4-5,9-14,20-21,25-27,29-30,32H,6-8,15-19,22-24,28,31H2,1-3H3,(H,53,65)(H,54,66)(H,55,68)(H,58,62)(H,59,69)(H,70,71)(H2,56,57,60)(H,74,75,76)/b61-30+,63-41-. The number of aliphatic carboxylic acids is 1. The Morgan fingerprint density at radius 1 is 0.810 bits per heavy atom. The zero-order valence-electron chi connectivity index (χ0n) is 43.4. The van der Waals surface area contributed by atoms with Crippen molar-refractivity contribution in [2.75, 3.05) is 50.1 Å². The first-order valence-electron chi connectivity index (χ1n) is 24.7. The molecule has 3 aromatic heterocycles. The van der Waals surface area contributed by atoms with E-state index >= 15 is 0 Å². The molecule has 27 heteroatoms. The highest BCUT2D eigenvalue weighted by Crippen LogP contribution is 2.24. The number of carboxylic acid groups (broad SMARTS) is 1. The molecular weight excluding hydrogens is 1060 g/mol. The average Bonchev–Trinajstić information content (AvgIpc) is 4.02. The van der Waals surface area contributed by atoms with E-state index in [1.54, 1.807) is 74.1 Å². The highest BCUT2D eigenvalue weighted by Gasteiger charge is 2.24. The number of hydrogen-bond acceptors (Lipinski definition) is 16. The molecule has 0 unspecified atom stereocenters. The molecule has 0 saturated heterocycles. The number of anilines is 2. The van der Waals surface area contributed by atoms with Gasteiger partial charge in [-0.1, -0.05) is 42.0 Å². The topological polar surface area (TPSA) is 364 Å². The van der Waals surface area contributed by atoms with Crippen LogP contribution in [0, 0.1) is 20.8 Å². The maximum absolute atomic E-state index is 13.8. The molecule has 0 bridgehead atoms. The third-order valence-electron chi connectivity index (χ3n) is 11.7. The molecule has 418 valence electrons. The number of imidazole rings is 1. The quantitative estimate of drug-likeness (QED) is 0.0140. The van der Waals surface area contributed by atoms with Gasteiger partial charge in [-0.25, -0.2) is 14.8 Å². The van der Waals surface area contributed by atoms with Gasteiger partial charge in [-0.15, -0.1) is 0 Å². The fraction of sp³-hybridized carbons (Fsp3) is 0.308. The van der Waals surface area contributed by atoms with Crippen molar-refractivity contribution >= 4 is 84.3 Å². The van der Waals surface area contributed by atoms with Crippen molar-refractivity contribution in [2.24, 2.45) is 9.50 Å². The summed E-state index contributed by atoms with van der Waals surface area (Å²) in [5, 5.41) is 27.8. The van der Waals surface area contributed by atoms with Crippen LogP contribution in [0.2, 0.25) is 0 Å². The van der Waals surface area contributed by atoms with E-state index in [0.717, 1.165) is 11.1 Å². The Hall–Kier alpha value is -8.66. The number of nitrogens with one attached hydrogen (secondary N) is 7. The lowest BCUT2D eigenvalue weighted by atomic mass is 10.1. The van der Waals surface area contributed by atoms with Crippen LogP contribution in [0.15, 0.2) is 116 Å². The SMILES string of the molecule is Cc1cc(C)c(S(=O)(=O)/N=C(/CNC(=O)c2cn(CCCNC(=O)CCC(=O)NCCCOCCCNC(=O)c3ccc(N/N=C/c4ccccc4S(=O)(=O)O)nc3)c3cc(CNc4ncc[nH]4)ccc3c2=O)C(=O)O)c(C)c1. The highest BCUT2D eigenvalue weighted by atomic mass is 32.2. The second-order valence-electron chi connectivity index (χ2n) is 17.9. The number of fused-ring (bicyclic) bond motifs is 1. The lowest BCUT2D eigenvalue weighted by Crippen LogP contribution is -2.36. The van der Waals surface area contributed by atoms with Gasteiger partial charge in [0.15, 0.2) is 11.7 Å². The molecule has 4 amide bonds. The van der Waals surface area contributed by atoms with Crippen molar-refractivity contribution in [3.63, 3.8) is 0 Å². The van der Waals surface area contributed by atoms with E-state index in [2.05, 4.69) is 56.5 Å². The number of rotatable bonds is 29. The minimum Gasteiger partial charge on any atom is -0.477 e. The van der Waals surface area contributed by atoms with Gasteiger partial charge in [0, 0.05) is 94.5 Å². The average molecular weight is 1130 g/mol. The molecule has 0 fully saturated rings. The van der Waals surface area contributed by atoms with E-state index < -0.39 is 49.7 Å². The number of pyridine rings is 2. The Morgan fingerprint density at radius 3 is 2.14 bits per heavy atom. The molecule has 6 aromatic rings. The molecule has 25 nitrogen and oxygen atoms in total. The predicted octanol–water partition coefficient (Wildman–Crippen LogP) is 3.62. The molecule has 0 aliphatic rings.